The summed E-state index contributed by atoms with van der Waals surface area (Å²) in [7, 11) is 17.6. The van der Waals surface area contributed by atoms with Crippen LogP contribution in [0, 0.1) is 0 Å². The van der Waals surface area contributed by atoms with E-state index in [4.69, 9.17) is 18.6 Å². The van der Waals surface area contributed by atoms with E-state index in [0.717, 1.165) is 12.8 Å². The molecule has 2 atom stereocenters. The zero-order chi connectivity index (χ0) is 26.4. The number of fused-ring (bicyclic) bond motifs is 2. The second-order valence-corrected chi connectivity index (χ2v) is 37.2. The molecule has 4 heteroatoms. The van der Waals surface area contributed by atoms with Gasteiger partial charge in [-0.25, -0.2) is 0 Å². The Morgan fingerprint density at radius 3 is 1.32 bits per heavy atom. The molecule has 2 aliphatic carbocycles. The van der Waals surface area contributed by atoms with E-state index < -0.39 is 19.1 Å². The van der Waals surface area contributed by atoms with Crippen molar-refractivity contribution in [2.75, 3.05) is 0 Å². The number of hydrogen-bond donors (Lipinski definition) is 0. The van der Waals surface area contributed by atoms with E-state index in [1.807, 2.05) is 0 Å². The predicted molar refractivity (Wildman–Crippen MR) is 166 cm³/mol. The van der Waals surface area contributed by atoms with Gasteiger partial charge < -0.3 is 0 Å². The van der Waals surface area contributed by atoms with E-state index in [9.17, 15) is 0 Å². The van der Waals surface area contributed by atoms with Gasteiger partial charge >= 0.3 is 238 Å². The third-order valence-corrected chi connectivity index (χ3v) is 37.6. The van der Waals surface area contributed by atoms with E-state index in [1.165, 1.54) is 43.8 Å². The molecule has 0 heterocycles. The summed E-state index contributed by atoms with van der Waals surface area (Å²) in [6.45, 7) is 2.36. The van der Waals surface area contributed by atoms with E-state index in [-0.39, 0.29) is 8.45 Å². The summed E-state index contributed by atoms with van der Waals surface area (Å²) in [4.78, 5) is 0. The Morgan fingerprint density at radius 1 is 0.553 bits per heavy atom. The zero-order valence-corrected chi connectivity index (χ0v) is 26.2. The fourth-order valence-electron chi connectivity index (χ4n) is 7.31. The number of benzene rings is 4. The molecule has 0 spiro atoms. The van der Waals surface area contributed by atoms with Crippen LogP contribution in [0.25, 0.3) is 12.2 Å². The summed E-state index contributed by atoms with van der Waals surface area (Å²) in [6, 6.07) is 39.7. The van der Waals surface area contributed by atoms with Crippen molar-refractivity contribution in [1.29, 1.82) is 0 Å². The fraction of sp³-hybridized carbons (Fsp3) is 0.176. The summed E-state index contributed by atoms with van der Waals surface area (Å²) in [5, 5.41) is 2.70. The van der Waals surface area contributed by atoms with Crippen LogP contribution in [-0.4, -0.2) is 6.66 Å². The molecular formula is C34H33Cl2SiTi. The van der Waals surface area contributed by atoms with Crippen molar-refractivity contribution < 1.29 is 12.4 Å². The molecule has 0 fully saturated rings. The van der Waals surface area contributed by atoms with Gasteiger partial charge in [0.25, 0.3) is 0 Å². The van der Waals surface area contributed by atoms with Gasteiger partial charge in [0.1, 0.15) is 0 Å². The molecule has 6 rings (SSSR count). The van der Waals surface area contributed by atoms with Crippen LogP contribution in [0.2, 0.25) is 0 Å². The van der Waals surface area contributed by atoms with Gasteiger partial charge in [-0.15, -0.1) is 0 Å². The van der Waals surface area contributed by atoms with Gasteiger partial charge in [-0.3, -0.25) is 0 Å². The predicted octanol–water partition coefficient (Wildman–Crippen LogP) is 8.62. The van der Waals surface area contributed by atoms with Gasteiger partial charge in [0.15, 0.2) is 0 Å². The number of halogens is 2. The molecular weight excluding hydrogens is 555 g/mol. The quantitative estimate of drug-likeness (QED) is 0.190. The third kappa shape index (κ3) is 3.98. The Kier molecular flexibility index (Phi) is 6.95. The molecule has 0 nitrogen and oxygen atoms in total. The van der Waals surface area contributed by atoms with Crippen LogP contribution in [0.4, 0.5) is 0 Å². The molecule has 0 N–H and O–H groups in total. The molecule has 4 aromatic rings. The van der Waals surface area contributed by atoms with Gasteiger partial charge in [-0.2, -0.15) is 0 Å². The second kappa shape index (κ2) is 10.1. The van der Waals surface area contributed by atoms with Gasteiger partial charge in [0, 0.05) is 0 Å². The summed E-state index contributed by atoms with van der Waals surface area (Å²) < 4.78 is 0.111. The first kappa shape index (κ1) is 26.1. The molecule has 0 radical (unpaired) electrons. The first-order valence-corrected chi connectivity index (χ1v) is 24.3. The summed E-state index contributed by atoms with van der Waals surface area (Å²) >= 11 is -4.77. The van der Waals surface area contributed by atoms with Crippen LogP contribution >= 0.6 is 18.6 Å². The number of hydrogen-bond acceptors (Lipinski definition) is 0. The van der Waals surface area contributed by atoms with E-state index in [1.54, 1.807) is 0 Å². The van der Waals surface area contributed by atoms with Gasteiger partial charge in [-0.1, -0.05) is 0 Å². The first-order valence-electron chi connectivity index (χ1n) is 13.7. The van der Waals surface area contributed by atoms with E-state index >= 15 is 0 Å². The van der Waals surface area contributed by atoms with Crippen molar-refractivity contribution in [3.8, 4) is 0 Å². The number of allylic oxidation sites excluding steroid dienone is 2. The molecule has 0 saturated heterocycles. The van der Waals surface area contributed by atoms with Crippen LogP contribution in [0.5, 0.6) is 0 Å². The summed E-state index contributed by atoms with van der Waals surface area (Å²) in [6.07, 6.45) is 6.68. The normalized spacial score (nSPS) is 19.3. The molecule has 0 aliphatic heterocycles. The van der Waals surface area contributed by atoms with Crippen LogP contribution < -0.4 is 10.4 Å². The molecule has 2 unspecified atom stereocenters. The van der Waals surface area contributed by atoms with Gasteiger partial charge in [0.05, 0.1) is 0 Å². The Morgan fingerprint density at radius 2 is 0.921 bits per heavy atom. The monoisotopic (exact) mass is 587 g/mol. The molecule has 0 amide bonds. The van der Waals surface area contributed by atoms with Crippen LogP contribution in [0.15, 0.2) is 120 Å². The molecule has 191 valence electrons. The van der Waals surface area contributed by atoms with Crippen molar-refractivity contribution >= 4 is 47.8 Å². The van der Waals surface area contributed by atoms with Crippen LogP contribution in [0.3, 0.4) is 0 Å². The van der Waals surface area contributed by atoms with Crippen molar-refractivity contribution in [3.05, 3.63) is 143 Å². The summed E-state index contributed by atoms with van der Waals surface area (Å²) in [5.41, 5.74) is 8.03. The molecule has 0 saturated carbocycles. The Balaban J connectivity index is 1.75. The minimum atomic E-state index is -4.77. The van der Waals surface area contributed by atoms with Crippen molar-refractivity contribution in [1.82, 2.24) is 0 Å². The average Bonchev–Trinajstić information content (AvgIpc) is 3.54. The molecule has 38 heavy (non-hydrogen) atoms. The van der Waals surface area contributed by atoms with Crippen molar-refractivity contribution in [3.63, 3.8) is 0 Å². The van der Waals surface area contributed by atoms with Crippen LogP contribution in [-0.2, 0) is 12.4 Å². The van der Waals surface area contributed by atoms with E-state index in [0.29, 0.717) is 0 Å². The third-order valence-electron chi connectivity index (χ3n) is 8.77. The Labute approximate surface area is 236 Å². The molecule has 2 aliphatic rings. The number of rotatable bonds is 7. The Bertz CT molecular complexity index is 1430. The topological polar surface area (TPSA) is 0 Å². The van der Waals surface area contributed by atoms with Crippen molar-refractivity contribution in [2.45, 2.75) is 35.1 Å². The zero-order valence-electron chi connectivity index (χ0n) is 21.9. The van der Waals surface area contributed by atoms with Crippen LogP contribution in [0.1, 0.15) is 57.4 Å². The summed E-state index contributed by atoms with van der Waals surface area (Å²) in [5.74, 6) is 0. The van der Waals surface area contributed by atoms with Gasteiger partial charge in [-0.05, 0) is 0 Å². The molecule has 4 aromatic carbocycles. The average molecular weight is 588 g/mol. The first-order chi connectivity index (χ1) is 18.5. The van der Waals surface area contributed by atoms with Gasteiger partial charge in [0.2, 0.25) is 0 Å². The molecule has 0 bridgehead atoms. The Hall–Kier alpha value is -2.13. The molecule has 0 aromatic heterocycles. The fourth-order valence-corrected chi connectivity index (χ4v) is 41.8. The van der Waals surface area contributed by atoms with Crippen molar-refractivity contribution in [2.24, 2.45) is 0 Å². The van der Waals surface area contributed by atoms with E-state index in [2.05, 4.69) is 135 Å². The maximum absolute atomic E-state index is 8.78. The minimum absolute atomic E-state index is 0.0553. The SMILES string of the molecule is CCC1=Cc2ccccc2[CH]1[Ti]([Cl])([Cl])([CH]1C(CC)=Cc2ccccc21)[SiH](c1ccccc1)c1ccccc1. The standard InChI is InChI=1S/C12H11Si.2C11H11.2ClH.Ti/c1-3-7-11(8-4-1)13-12-9-5-2-6-10-12;2*1-2-9-7-10-5-3-4-6-11(10)8-9;;;/h1-10,13H;2*3-8H,2H2,1H3;2*1H;/q;;;;;+2/p-2. The second-order valence-electron chi connectivity index (χ2n) is 10.7. The maximum atomic E-state index is 8.78.